The van der Waals surface area contributed by atoms with Gasteiger partial charge in [0.05, 0.1) is 5.75 Å². The van der Waals surface area contributed by atoms with Crippen molar-refractivity contribution in [1.29, 1.82) is 0 Å². The molecule has 3 N–H and O–H groups in total. The van der Waals surface area contributed by atoms with E-state index in [0.717, 1.165) is 0 Å². The summed E-state index contributed by atoms with van der Waals surface area (Å²) in [6, 6.07) is 0. The number of carboxylic acids is 1. The van der Waals surface area contributed by atoms with Gasteiger partial charge in [-0.3, -0.25) is 13.9 Å². The van der Waals surface area contributed by atoms with E-state index in [4.69, 9.17) is 14.2 Å². The van der Waals surface area contributed by atoms with Crippen LogP contribution in [0.2, 0.25) is 0 Å². The summed E-state index contributed by atoms with van der Waals surface area (Å²) < 4.78 is 57.7. The molecular weight excluding hydrogens is 240 g/mol. The fourth-order valence-electron chi connectivity index (χ4n) is 0.656. The van der Waals surface area contributed by atoms with E-state index < -0.39 is 43.6 Å². The SMILES string of the molecule is O=C(O)C(CCS(=O)(=O)O)S(=O)(=O)O. The van der Waals surface area contributed by atoms with Gasteiger partial charge < -0.3 is 5.11 Å². The van der Waals surface area contributed by atoms with Crippen LogP contribution in [0.15, 0.2) is 0 Å². The molecule has 0 rings (SSSR count). The van der Waals surface area contributed by atoms with E-state index in [1.807, 2.05) is 0 Å². The molecule has 0 aliphatic rings. The highest BCUT2D eigenvalue weighted by atomic mass is 32.2. The van der Waals surface area contributed by atoms with Gasteiger partial charge in [0.25, 0.3) is 20.2 Å². The number of aliphatic carboxylic acids is 1. The molecule has 1 atom stereocenters. The third-order valence-corrected chi connectivity index (χ3v) is 3.18. The van der Waals surface area contributed by atoms with Gasteiger partial charge in [-0.05, 0) is 6.42 Å². The Labute approximate surface area is 80.0 Å². The average Bonchev–Trinajstić information content (AvgIpc) is 1.79. The highest BCUT2D eigenvalue weighted by Crippen LogP contribution is 2.06. The Balaban J connectivity index is 4.68. The number of hydrogen-bond acceptors (Lipinski definition) is 5. The third kappa shape index (κ3) is 5.11. The van der Waals surface area contributed by atoms with E-state index in [9.17, 15) is 21.6 Å². The maximum atomic E-state index is 10.4. The molecule has 10 heteroatoms. The zero-order chi connectivity index (χ0) is 11.6. The first-order valence-electron chi connectivity index (χ1n) is 3.18. The monoisotopic (exact) mass is 248 g/mol. The molecule has 0 saturated carbocycles. The molecule has 0 saturated heterocycles. The molecular formula is C4H8O8S2. The van der Waals surface area contributed by atoms with E-state index in [-0.39, 0.29) is 0 Å². The van der Waals surface area contributed by atoms with Gasteiger partial charge in [-0.25, -0.2) is 0 Å². The Morgan fingerprint density at radius 3 is 1.79 bits per heavy atom. The van der Waals surface area contributed by atoms with Gasteiger partial charge in [-0.15, -0.1) is 0 Å². The van der Waals surface area contributed by atoms with Crippen LogP contribution in [0.25, 0.3) is 0 Å². The van der Waals surface area contributed by atoms with Gasteiger partial charge in [0, 0.05) is 0 Å². The number of carboxylic acid groups (broad SMARTS) is 1. The van der Waals surface area contributed by atoms with Crippen LogP contribution in [0.5, 0.6) is 0 Å². The quantitative estimate of drug-likeness (QED) is 0.503. The lowest BCUT2D eigenvalue weighted by Crippen LogP contribution is -2.31. The zero-order valence-electron chi connectivity index (χ0n) is 6.69. The van der Waals surface area contributed by atoms with Gasteiger partial charge >= 0.3 is 5.97 Å². The van der Waals surface area contributed by atoms with E-state index in [0.29, 0.717) is 0 Å². The van der Waals surface area contributed by atoms with Crippen molar-refractivity contribution in [3.05, 3.63) is 0 Å². The third-order valence-electron chi connectivity index (χ3n) is 1.27. The van der Waals surface area contributed by atoms with Crippen molar-refractivity contribution in [3.63, 3.8) is 0 Å². The molecule has 0 radical (unpaired) electrons. The number of rotatable bonds is 5. The van der Waals surface area contributed by atoms with Crippen LogP contribution >= 0.6 is 0 Å². The standard InChI is InChI=1S/C4H8O8S2/c5-4(6)3(14(10,11)12)1-2-13(7,8)9/h3H,1-2H2,(H,5,6)(H,7,8,9)(H,10,11,12). The van der Waals surface area contributed by atoms with Crippen molar-refractivity contribution in [2.45, 2.75) is 11.7 Å². The topological polar surface area (TPSA) is 146 Å². The van der Waals surface area contributed by atoms with Crippen molar-refractivity contribution >= 4 is 26.2 Å². The molecule has 0 fully saturated rings. The minimum Gasteiger partial charge on any atom is -0.480 e. The largest absolute Gasteiger partial charge is 0.480 e. The summed E-state index contributed by atoms with van der Waals surface area (Å²) in [7, 11) is -9.31. The van der Waals surface area contributed by atoms with Crippen LogP contribution < -0.4 is 0 Å². The van der Waals surface area contributed by atoms with Crippen molar-refractivity contribution < 1.29 is 35.8 Å². The fraction of sp³-hybridized carbons (Fsp3) is 0.750. The first-order chi connectivity index (χ1) is 6.04. The minimum absolute atomic E-state index is 0.910. The van der Waals surface area contributed by atoms with Crippen LogP contribution in [0, 0.1) is 0 Å². The molecule has 0 aromatic heterocycles. The van der Waals surface area contributed by atoms with E-state index in [2.05, 4.69) is 0 Å². The Morgan fingerprint density at radius 1 is 1.14 bits per heavy atom. The smallest absolute Gasteiger partial charge is 0.324 e. The first kappa shape index (κ1) is 13.3. The van der Waals surface area contributed by atoms with E-state index >= 15 is 0 Å². The lowest BCUT2D eigenvalue weighted by molar-refractivity contribution is -0.136. The lowest BCUT2D eigenvalue weighted by Gasteiger charge is -2.06. The molecule has 14 heavy (non-hydrogen) atoms. The van der Waals surface area contributed by atoms with Gasteiger partial charge in [0.15, 0.2) is 5.25 Å². The van der Waals surface area contributed by atoms with Crippen LogP contribution in [0.4, 0.5) is 0 Å². The Kier molecular flexibility index (Phi) is 4.00. The fourth-order valence-corrected chi connectivity index (χ4v) is 2.01. The maximum Gasteiger partial charge on any atom is 0.324 e. The van der Waals surface area contributed by atoms with Crippen molar-refractivity contribution in [3.8, 4) is 0 Å². The number of carbonyl (C=O) groups is 1. The van der Waals surface area contributed by atoms with Crippen molar-refractivity contribution in [2.24, 2.45) is 0 Å². The molecule has 8 nitrogen and oxygen atoms in total. The summed E-state index contributed by atoms with van der Waals surface area (Å²) >= 11 is 0. The molecule has 0 bridgehead atoms. The average molecular weight is 248 g/mol. The summed E-state index contributed by atoms with van der Waals surface area (Å²) in [6.07, 6.45) is -0.910. The van der Waals surface area contributed by atoms with E-state index in [1.54, 1.807) is 0 Å². The van der Waals surface area contributed by atoms with Crippen LogP contribution in [-0.2, 0) is 25.0 Å². The summed E-state index contributed by atoms with van der Waals surface area (Å²) in [6.45, 7) is 0. The normalized spacial score (nSPS) is 15.0. The molecule has 0 amide bonds. The Morgan fingerprint density at radius 2 is 1.57 bits per heavy atom. The highest BCUT2D eigenvalue weighted by Gasteiger charge is 2.31. The Hall–Kier alpha value is -0.710. The molecule has 0 aromatic carbocycles. The predicted molar refractivity (Wildman–Crippen MR) is 44.0 cm³/mol. The summed E-state index contributed by atoms with van der Waals surface area (Å²) in [5, 5.41) is 6.04. The molecule has 0 aliphatic carbocycles. The highest BCUT2D eigenvalue weighted by molar-refractivity contribution is 7.87. The minimum atomic E-state index is -4.86. The lowest BCUT2D eigenvalue weighted by atomic mass is 10.3. The first-order valence-corrected chi connectivity index (χ1v) is 6.29. The summed E-state index contributed by atoms with van der Waals surface area (Å²) in [4.78, 5) is 10.2. The second-order valence-electron chi connectivity index (χ2n) is 2.42. The Bertz CT molecular complexity index is 403. The summed E-state index contributed by atoms with van der Waals surface area (Å²) in [5.41, 5.74) is 0. The molecule has 0 heterocycles. The van der Waals surface area contributed by atoms with Gasteiger partial charge in [-0.2, -0.15) is 16.8 Å². The van der Waals surface area contributed by atoms with Crippen molar-refractivity contribution in [1.82, 2.24) is 0 Å². The van der Waals surface area contributed by atoms with Gasteiger partial charge in [-0.1, -0.05) is 0 Å². The van der Waals surface area contributed by atoms with Gasteiger partial charge in [0.1, 0.15) is 0 Å². The predicted octanol–water partition coefficient (Wildman–Crippen LogP) is -1.39. The van der Waals surface area contributed by atoms with Crippen molar-refractivity contribution in [2.75, 3.05) is 5.75 Å². The maximum absolute atomic E-state index is 10.4. The van der Waals surface area contributed by atoms with Gasteiger partial charge in [0.2, 0.25) is 0 Å². The number of hydrogen-bond donors (Lipinski definition) is 3. The second kappa shape index (κ2) is 4.21. The molecule has 0 aromatic rings. The molecule has 0 spiro atoms. The van der Waals surface area contributed by atoms with Crippen LogP contribution in [0.1, 0.15) is 6.42 Å². The molecule has 0 aliphatic heterocycles. The molecule has 1 unspecified atom stereocenters. The zero-order valence-corrected chi connectivity index (χ0v) is 8.32. The summed E-state index contributed by atoms with van der Waals surface area (Å²) in [5.74, 6) is -2.93. The second-order valence-corrected chi connectivity index (χ2v) is 5.59. The van der Waals surface area contributed by atoms with Crippen LogP contribution in [0.3, 0.4) is 0 Å². The van der Waals surface area contributed by atoms with Crippen LogP contribution in [-0.4, -0.2) is 48.0 Å². The molecule has 84 valence electrons. The van der Waals surface area contributed by atoms with E-state index in [1.165, 1.54) is 0 Å².